The lowest BCUT2D eigenvalue weighted by atomic mass is 9.96. The molecular weight excluding hydrogens is 407 g/mol. The van der Waals surface area contributed by atoms with Crippen molar-refractivity contribution >= 4 is 51.8 Å². The maximum Gasteiger partial charge on any atom is 0.239 e. The van der Waals surface area contributed by atoms with Crippen molar-refractivity contribution in [2.24, 2.45) is 4.99 Å². The van der Waals surface area contributed by atoms with Crippen molar-refractivity contribution < 1.29 is 14.0 Å². The van der Waals surface area contributed by atoms with E-state index >= 15 is 0 Å². The third-order valence-corrected chi connectivity index (χ3v) is 6.14. The Hall–Kier alpha value is -2.02. The molecule has 4 rings (SSSR count). The standard InChI is InChI=1S/C19H14Cl2N2O3S/c1-9-17(10(2)24)18(23-16(25)8-27-19(23)22-9)15-6-5-14(26-15)11-3-4-12(20)13(21)7-11/h3-7,18H,8H2,1-2H3/t18-/m0/s1. The molecule has 2 aromatic rings. The van der Waals surface area contributed by atoms with E-state index in [1.165, 1.54) is 18.7 Å². The van der Waals surface area contributed by atoms with Gasteiger partial charge in [0, 0.05) is 16.8 Å². The Morgan fingerprint density at radius 1 is 1.26 bits per heavy atom. The Bertz CT molecular complexity index is 1040. The molecule has 8 heteroatoms. The number of amides is 1. The van der Waals surface area contributed by atoms with Crippen LogP contribution in [-0.4, -0.2) is 27.5 Å². The smallest absolute Gasteiger partial charge is 0.239 e. The monoisotopic (exact) mass is 420 g/mol. The molecule has 1 saturated heterocycles. The predicted molar refractivity (Wildman–Crippen MR) is 107 cm³/mol. The minimum atomic E-state index is -0.617. The molecule has 1 fully saturated rings. The van der Waals surface area contributed by atoms with Gasteiger partial charge in [0.2, 0.25) is 5.91 Å². The highest BCUT2D eigenvalue weighted by atomic mass is 35.5. The molecule has 1 atom stereocenters. The zero-order valence-corrected chi connectivity index (χ0v) is 16.8. The summed E-state index contributed by atoms with van der Waals surface area (Å²) >= 11 is 13.4. The first-order chi connectivity index (χ1) is 12.9. The van der Waals surface area contributed by atoms with Crippen LogP contribution in [0.1, 0.15) is 25.6 Å². The van der Waals surface area contributed by atoms with Gasteiger partial charge >= 0.3 is 0 Å². The normalized spacial score (nSPS) is 19.4. The minimum Gasteiger partial charge on any atom is -0.458 e. The Morgan fingerprint density at radius 2 is 2.04 bits per heavy atom. The topological polar surface area (TPSA) is 62.9 Å². The molecule has 138 valence electrons. The molecule has 0 aliphatic carbocycles. The Balaban J connectivity index is 1.80. The lowest BCUT2D eigenvalue weighted by molar-refractivity contribution is -0.125. The zero-order chi connectivity index (χ0) is 19.3. The van der Waals surface area contributed by atoms with E-state index in [0.717, 1.165) is 5.56 Å². The van der Waals surface area contributed by atoms with E-state index in [1.807, 2.05) is 0 Å². The number of amidine groups is 1. The average molecular weight is 421 g/mol. The Labute approximate surface area is 170 Å². The van der Waals surface area contributed by atoms with E-state index in [9.17, 15) is 9.59 Å². The van der Waals surface area contributed by atoms with E-state index in [1.54, 1.807) is 42.2 Å². The largest absolute Gasteiger partial charge is 0.458 e. The van der Waals surface area contributed by atoms with Crippen molar-refractivity contribution in [2.45, 2.75) is 19.9 Å². The van der Waals surface area contributed by atoms with E-state index in [4.69, 9.17) is 27.6 Å². The number of thioether (sulfide) groups is 1. The molecule has 0 N–H and O–H groups in total. The van der Waals surface area contributed by atoms with Crippen molar-refractivity contribution in [3.8, 4) is 11.3 Å². The number of nitrogens with zero attached hydrogens (tertiary/aromatic N) is 2. The quantitative estimate of drug-likeness (QED) is 0.692. The number of carbonyl (C=O) groups excluding carboxylic acids is 2. The number of benzene rings is 1. The van der Waals surface area contributed by atoms with Crippen LogP contribution in [0.3, 0.4) is 0 Å². The number of carbonyl (C=O) groups is 2. The third kappa shape index (κ3) is 3.12. The summed E-state index contributed by atoms with van der Waals surface area (Å²) in [5.74, 6) is 1.14. The first-order valence-electron chi connectivity index (χ1n) is 8.17. The Morgan fingerprint density at radius 3 is 2.74 bits per heavy atom. The fraction of sp³-hybridized carbons (Fsp3) is 0.211. The summed E-state index contributed by atoms with van der Waals surface area (Å²) in [6.45, 7) is 3.25. The van der Waals surface area contributed by atoms with E-state index in [0.29, 0.717) is 43.8 Å². The van der Waals surface area contributed by atoms with Gasteiger partial charge in [0.05, 0.1) is 15.8 Å². The molecule has 0 radical (unpaired) electrons. The number of halogens is 2. The number of allylic oxidation sites excluding steroid dienone is 1. The molecule has 0 unspecified atom stereocenters. The fourth-order valence-electron chi connectivity index (χ4n) is 3.26. The average Bonchev–Trinajstić information content (AvgIpc) is 3.23. The number of hydrogen-bond donors (Lipinski definition) is 0. The number of hydrogen-bond acceptors (Lipinski definition) is 5. The number of Topliss-reactive ketones (excluding diaryl/α,β-unsaturated/α-hetero) is 1. The number of aliphatic imine (C=N–C) groups is 1. The molecule has 0 bridgehead atoms. The summed E-state index contributed by atoms with van der Waals surface area (Å²) in [7, 11) is 0. The van der Waals surface area contributed by atoms with Gasteiger partial charge in [-0.1, -0.05) is 35.0 Å². The summed E-state index contributed by atoms with van der Waals surface area (Å²) in [6.07, 6.45) is 0. The van der Waals surface area contributed by atoms with Gasteiger partial charge < -0.3 is 4.42 Å². The fourth-order valence-corrected chi connectivity index (χ4v) is 4.50. The van der Waals surface area contributed by atoms with Crippen LogP contribution in [0.2, 0.25) is 10.0 Å². The van der Waals surface area contributed by atoms with Gasteiger partial charge in [-0.15, -0.1) is 0 Å². The first kappa shape index (κ1) is 18.3. The van der Waals surface area contributed by atoms with Gasteiger partial charge in [0.1, 0.15) is 17.6 Å². The van der Waals surface area contributed by atoms with E-state index < -0.39 is 6.04 Å². The maximum absolute atomic E-state index is 12.4. The summed E-state index contributed by atoms with van der Waals surface area (Å²) in [6, 6.07) is 8.16. The SMILES string of the molecule is CC(=O)C1=C(C)N=C2SCC(=O)N2[C@H]1c1ccc(-c2ccc(Cl)c(Cl)c2)o1. The van der Waals surface area contributed by atoms with Crippen molar-refractivity contribution in [1.82, 2.24) is 4.90 Å². The van der Waals surface area contributed by atoms with Crippen LogP contribution in [-0.2, 0) is 9.59 Å². The van der Waals surface area contributed by atoms with Crippen LogP contribution in [0.4, 0.5) is 0 Å². The molecule has 3 heterocycles. The van der Waals surface area contributed by atoms with E-state index in [2.05, 4.69) is 4.99 Å². The Kier molecular flexibility index (Phi) is 4.66. The lowest BCUT2D eigenvalue weighted by Gasteiger charge is -2.31. The molecule has 1 amide bonds. The van der Waals surface area contributed by atoms with Crippen LogP contribution in [0, 0.1) is 0 Å². The molecule has 0 spiro atoms. The van der Waals surface area contributed by atoms with Crippen LogP contribution in [0.25, 0.3) is 11.3 Å². The highest BCUT2D eigenvalue weighted by molar-refractivity contribution is 8.15. The molecule has 2 aliphatic heterocycles. The maximum atomic E-state index is 12.4. The number of fused-ring (bicyclic) bond motifs is 1. The minimum absolute atomic E-state index is 0.0949. The van der Waals surface area contributed by atoms with Gasteiger partial charge in [-0.2, -0.15) is 0 Å². The molecule has 2 aliphatic rings. The van der Waals surface area contributed by atoms with E-state index in [-0.39, 0.29) is 11.7 Å². The predicted octanol–water partition coefficient (Wildman–Crippen LogP) is 5.10. The molecule has 1 aromatic heterocycles. The van der Waals surface area contributed by atoms with Gasteiger partial charge in [-0.3, -0.25) is 14.5 Å². The van der Waals surface area contributed by atoms with Crippen LogP contribution >= 0.6 is 35.0 Å². The van der Waals surface area contributed by atoms with Crippen molar-refractivity contribution in [1.29, 1.82) is 0 Å². The van der Waals surface area contributed by atoms with Gasteiger partial charge in [-0.05, 0) is 44.2 Å². The van der Waals surface area contributed by atoms with Gasteiger partial charge in [0.15, 0.2) is 11.0 Å². The molecular formula is C19H14Cl2N2O3S. The second kappa shape index (κ2) is 6.86. The second-order valence-electron chi connectivity index (χ2n) is 6.24. The highest BCUT2D eigenvalue weighted by Gasteiger charge is 2.43. The lowest BCUT2D eigenvalue weighted by Crippen LogP contribution is -2.38. The number of rotatable bonds is 3. The third-order valence-electron chi connectivity index (χ3n) is 4.46. The summed E-state index contributed by atoms with van der Waals surface area (Å²) in [5.41, 5.74) is 1.82. The summed E-state index contributed by atoms with van der Waals surface area (Å²) < 4.78 is 6.04. The first-order valence-corrected chi connectivity index (χ1v) is 9.91. The van der Waals surface area contributed by atoms with Crippen molar-refractivity contribution in [3.63, 3.8) is 0 Å². The van der Waals surface area contributed by atoms with Gasteiger partial charge in [0.25, 0.3) is 0 Å². The second-order valence-corrected chi connectivity index (χ2v) is 7.99. The van der Waals surface area contributed by atoms with Gasteiger partial charge in [-0.25, -0.2) is 4.99 Å². The van der Waals surface area contributed by atoms with Crippen LogP contribution in [0.15, 0.2) is 51.0 Å². The number of furan rings is 1. The van der Waals surface area contributed by atoms with Crippen LogP contribution < -0.4 is 0 Å². The molecule has 1 aromatic carbocycles. The van der Waals surface area contributed by atoms with Crippen LogP contribution in [0.5, 0.6) is 0 Å². The summed E-state index contributed by atoms with van der Waals surface area (Å²) in [5, 5.41) is 1.47. The number of ketones is 1. The molecule has 0 saturated carbocycles. The van der Waals surface area contributed by atoms with Crippen molar-refractivity contribution in [3.05, 3.63) is 57.4 Å². The van der Waals surface area contributed by atoms with Crippen molar-refractivity contribution in [2.75, 3.05) is 5.75 Å². The molecule has 27 heavy (non-hydrogen) atoms. The highest BCUT2D eigenvalue weighted by Crippen LogP contribution is 2.42. The molecule has 5 nitrogen and oxygen atoms in total. The summed E-state index contributed by atoms with van der Waals surface area (Å²) in [4.78, 5) is 30.7. The zero-order valence-electron chi connectivity index (χ0n) is 14.5.